The summed E-state index contributed by atoms with van der Waals surface area (Å²) in [6.45, 7) is 7.13. The number of hydrogen-bond donors (Lipinski definition) is 2. The van der Waals surface area contributed by atoms with Gasteiger partial charge in [0.05, 0.1) is 13.2 Å². The SMILES string of the molecule is CCNC(=NCc1ccc(C)cc1SC)NCCOC. The molecular weight excluding hydrogens is 270 g/mol. The van der Waals surface area contributed by atoms with Crippen molar-refractivity contribution in [2.75, 3.05) is 33.1 Å². The topological polar surface area (TPSA) is 45.7 Å². The zero-order chi connectivity index (χ0) is 14.8. The summed E-state index contributed by atoms with van der Waals surface area (Å²) in [5.74, 6) is 0.831. The molecule has 0 aliphatic rings. The lowest BCUT2D eigenvalue weighted by Crippen LogP contribution is -2.38. The third-order valence-electron chi connectivity index (χ3n) is 2.79. The van der Waals surface area contributed by atoms with Crippen LogP contribution in [0.5, 0.6) is 0 Å². The van der Waals surface area contributed by atoms with Crippen molar-refractivity contribution in [3.63, 3.8) is 0 Å². The summed E-state index contributed by atoms with van der Waals surface area (Å²) < 4.78 is 5.03. The Morgan fingerprint density at radius 3 is 2.80 bits per heavy atom. The quantitative estimate of drug-likeness (QED) is 0.351. The second-order valence-electron chi connectivity index (χ2n) is 4.43. The van der Waals surface area contributed by atoms with E-state index in [1.807, 2.05) is 0 Å². The number of thioether (sulfide) groups is 1. The van der Waals surface area contributed by atoms with Gasteiger partial charge in [-0.25, -0.2) is 4.99 Å². The van der Waals surface area contributed by atoms with Crippen molar-refractivity contribution >= 4 is 17.7 Å². The van der Waals surface area contributed by atoms with E-state index in [0.717, 1.165) is 19.0 Å². The largest absolute Gasteiger partial charge is 0.383 e. The number of ether oxygens (including phenoxy) is 1. The van der Waals surface area contributed by atoms with Crippen molar-refractivity contribution in [1.82, 2.24) is 10.6 Å². The van der Waals surface area contributed by atoms with Crippen LogP contribution in [-0.4, -0.2) is 39.0 Å². The third kappa shape index (κ3) is 5.84. The first-order valence-corrected chi connectivity index (χ1v) is 8.08. The number of methoxy groups -OCH3 is 1. The van der Waals surface area contributed by atoms with Crippen LogP contribution in [0.25, 0.3) is 0 Å². The van der Waals surface area contributed by atoms with E-state index in [-0.39, 0.29) is 0 Å². The minimum Gasteiger partial charge on any atom is -0.383 e. The molecule has 0 unspecified atom stereocenters. The molecule has 20 heavy (non-hydrogen) atoms. The Balaban J connectivity index is 2.70. The van der Waals surface area contributed by atoms with Gasteiger partial charge in [0, 0.05) is 25.1 Å². The lowest BCUT2D eigenvalue weighted by Gasteiger charge is -2.12. The van der Waals surface area contributed by atoms with Gasteiger partial charge in [0.1, 0.15) is 0 Å². The first-order chi connectivity index (χ1) is 9.71. The van der Waals surface area contributed by atoms with Crippen LogP contribution >= 0.6 is 11.8 Å². The highest BCUT2D eigenvalue weighted by molar-refractivity contribution is 7.98. The van der Waals surface area contributed by atoms with Crippen molar-refractivity contribution in [1.29, 1.82) is 0 Å². The summed E-state index contributed by atoms with van der Waals surface area (Å²) in [6.07, 6.45) is 2.10. The zero-order valence-electron chi connectivity index (χ0n) is 12.8. The molecule has 4 nitrogen and oxygen atoms in total. The highest BCUT2D eigenvalue weighted by Gasteiger charge is 2.02. The van der Waals surface area contributed by atoms with Crippen LogP contribution in [-0.2, 0) is 11.3 Å². The Labute approximate surface area is 126 Å². The van der Waals surface area contributed by atoms with Gasteiger partial charge in [-0.05, 0) is 37.3 Å². The van der Waals surface area contributed by atoms with Gasteiger partial charge in [0.15, 0.2) is 5.96 Å². The predicted molar refractivity (Wildman–Crippen MR) is 87.7 cm³/mol. The minimum atomic E-state index is 0.672. The van der Waals surface area contributed by atoms with Gasteiger partial charge < -0.3 is 15.4 Å². The Morgan fingerprint density at radius 2 is 2.15 bits per heavy atom. The summed E-state index contributed by atoms with van der Waals surface area (Å²) in [4.78, 5) is 5.91. The first kappa shape index (κ1) is 16.9. The molecule has 0 aliphatic heterocycles. The van der Waals surface area contributed by atoms with Crippen molar-refractivity contribution in [3.8, 4) is 0 Å². The fourth-order valence-corrected chi connectivity index (χ4v) is 2.46. The van der Waals surface area contributed by atoms with E-state index >= 15 is 0 Å². The van der Waals surface area contributed by atoms with E-state index in [1.54, 1.807) is 18.9 Å². The predicted octanol–water partition coefficient (Wildman–Crippen LogP) is 2.42. The Bertz CT molecular complexity index is 435. The summed E-state index contributed by atoms with van der Waals surface area (Å²) in [5, 5.41) is 6.48. The van der Waals surface area contributed by atoms with Gasteiger partial charge in [0.2, 0.25) is 0 Å². The van der Waals surface area contributed by atoms with Crippen molar-refractivity contribution in [2.24, 2.45) is 4.99 Å². The third-order valence-corrected chi connectivity index (χ3v) is 3.61. The molecule has 0 atom stereocenters. The maximum atomic E-state index is 5.03. The molecule has 1 aromatic carbocycles. The number of benzene rings is 1. The number of aliphatic imine (C=N–C) groups is 1. The molecule has 112 valence electrons. The molecule has 0 saturated carbocycles. The maximum Gasteiger partial charge on any atom is 0.191 e. The van der Waals surface area contributed by atoms with Crippen LogP contribution in [0.2, 0.25) is 0 Å². The molecule has 0 amide bonds. The van der Waals surface area contributed by atoms with Crippen LogP contribution in [0.15, 0.2) is 28.1 Å². The average Bonchev–Trinajstić information content (AvgIpc) is 2.45. The van der Waals surface area contributed by atoms with Gasteiger partial charge in [0.25, 0.3) is 0 Å². The van der Waals surface area contributed by atoms with E-state index in [9.17, 15) is 0 Å². The van der Waals surface area contributed by atoms with Gasteiger partial charge >= 0.3 is 0 Å². The van der Waals surface area contributed by atoms with Crippen LogP contribution in [0.3, 0.4) is 0 Å². The maximum absolute atomic E-state index is 5.03. The van der Waals surface area contributed by atoms with Gasteiger partial charge in [-0.3, -0.25) is 0 Å². The second-order valence-corrected chi connectivity index (χ2v) is 5.28. The lowest BCUT2D eigenvalue weighted by atomic mass is 10.1. The lowest BCUT2D eigenvalue weighted by molar-refractivity contribution is 0.203. The highest BCUT2D eigenvalue weighted by Crippen LogP contribution is 2.22. The van der Waals surface area contributed by atoms with Crippen LogP contribution in [0.1, 0.15) is 18.1 Å². The van der Waals surface area contributed by atoms with Gasteiger partial charge in [-0.15, -0.1) is 11.8 Å². The minimum absolute atomic E-state index is 0.672. The summed E-state index contributed by atoms with van der Waals surface area (Å²) in [5.41, 5.74) is 2.54. The Morgan fingerprint density at radius 1 is 1.35 bits per heavy atom. The number of aryl methyl sites for hydroxylation is 1. The van der Waals surface area contributed by atoms with Gasteiger partial charge in [-0.2, -0.15) is 0 Å². The van der Waals surface area contributed by atoms with Crippen molar-refractivity contribution in [2.45, 2.75) is 25.3 Å². The molecule has 2 N–H and O–H groups in total. The van der Waals surface area contributed by atoms with Crippen molar-refractivity contribution < 1.29 is 4.74 Å². The molecule has 1 aromatic rings. The van der Waals surface area contributed by atoms with Crippen molar-refractivity contribution in [3.05, 3.63) is 29.3 Å². The van der Waals surface area contributed by atoms with Gasteiger partial charge in [-0.1, -0.05) is 12.1 Å². The molecule has 0 aromatic heterocycles. The van der Waals surface area contributed by atoms with E-state index in [4.69, 9.17) is 4.74 Å². The molecule has 5 heteroatoms. The summed E-state index contributed by atoms with van der Waals surface area (Å²) in [6, 6.07) is 6.50. The molecule has 1 rings (SSSR count). The van der Waals surface area contributed by atoms with Crippen LogP contribution < -0.4 is 10.6 Å². The summed E-state index contributed by atoms with van der Waals surface area (Å²) >= 11 is 1.77. The Kier molecular flexibility index (Phi) is 8.14. The van der Waals surface area contributed by atoms with Crippen LogP contribution in [0.4, 0.5) is 0 Å². The highest BCUT2D eigenvalue weighted by atomic mass is 32.2. The van der Waals surface area contributed by atoms with E-state index in [1.165, 1.54) is 16.0 Å². The number of guanidine groups is 1. The molecule has 0 radical (unpaired) electrons. The van der Waals surface area contributed by atoms with Crippen LogP contribution in [0, 0.1) is 6.92 Å². The second kappa shape index (κ2) is 9.66. The van der Waals surface area contributed by atoms with E-state index in [0.29, 0.717) is 13.2 Å². The number of nitrogens with zero attached hydrogens (tertiary/aromatic N) is 1. The normalized spacial score (nSPS) is 11.5. The molecular formula is C15H25N3OS. The van der Waals surface area contributed by atoms with E-state index < -0.39 is 0 Å². The van der Waals surface area contributed by atoms with E-state index in [2.05, 4.69) is 53.9 Å². The molecule has 0 bridgehead atoms. The number of hydrogen-bond acceptors (Lipinski definition) is 3. The molecule has 0 fully saturated rings. The monoisotopic (exact) mass is 295 g/mol. The molecule has 0 saturated heterocycles. The fourth-order valence-electron chi connectivity index (χ4n) is 1.76. The standard InChI is InChI=1S/C15H25N3OS/c1-5-16-15(17-8-9-19-3)18-11-13-7-6-12(2)10-14(13)20-4/h6-7,10H,5,8-9,11H2,1-4H3,(H2,16,17,18). The number of nitrogens with one attached hydrogen (secondary N) is 2. The smallest absolute Gasteiger partial charge is 0.191 e. The fraction of sp³-hybridized carbons (Fsp3) is 0.533. The molecule has 0 aliphatic carbocycles. The summed E-state index contributed by atoms with van der Waals surface area (Å²) in [7, 11) is 1.70. The molecule has 0 spiro atoms. The zero-order valence-corrected chi connectivity index (χ0v) is 13.6. The Hall–Kier alpha value is -1.20. The first-order valence-electron chi connectivity index (χ1n) is 6.85. The average molecular weight is 295 g/mol. The number of rotatable bonds is 7. The molecule has 0 heterocycles.